The predicted molar refractivity (Wildman–Crippen MR) is 107 cm³/mol. The Morgan fingerprint density at radius 1 is 1.03 bits per heavy atom. The number of aromatic amines is 1. The molecule has 4 aromatic rings. The smallest absolute Gasteiger partial charge is 0.333 e. The molecule has 0 spiro atoms. The van der Waals surface area contributed by atoms with Crippen molar-refractivity contribution in [2.75, 3.05) is 5.32 Å². The van der Waals surface area contributed by atoms with Crippen molar-refractivity contribution in [2.24, 2.45) is 4.99 Å². The monoisotopic (exact) mass is 426 g/mol. The van der Waals surface area contributed by atoms with Crippen molar-refractivity contribution in [3.8, 4) is 22.4 Å². The first-order chi connectivity index (χ1) is 14.9. The van der Waals surface area contributed by atoms with Crippen LogP contribution in [0.3, 0.4) is 0 Å². The summed E-state index contributed by atoms with van der Waals surface area (Å²) in [5.74, 6) is -1.51. The minimum Gasteiger partial charge on any atom is -0.339 e. The van der Waals surface area contributed by atoms with E-state index in [1.165, 1.54) is 18.5 Å². The maximum atomic E-state index is 14.4. The van der Waals surface area contributed by atoms with E-state index in [1.807, 2.05) is 0 Å². The Balaban J connectivity index is 1.67. The van der Waals surface area contributed by atoms with Crippen molar-refractivity contribution in [1.82, 2.24) is 20.0 Å². The highest BCUT2D eigenvalue weighted by atomic mass is 19.3. The van der Waals surface area contributed by atoms with Crippen molar-refractivity contribution in [3.05, 3.63) is 71.7 Å². The van der Waals surface area contributed by atoms with Crippen LogP contribution in [0, 0.1) is 18.6 Å². The van der Waals surface area contributed by atoms with Crippen molar-refractivity contribution in [2.45, 2.75) is 13.5 Å². The van der Waals surface area contributed by atoms with E-state index in [4.69, 9.17) is 0 Å². The molecule has 0 atom stereocenters. The van der Waals surface area contributed by atoms with Crippen LogP contribution in [0.5, 0.6) is 0 Å². The van der Waals surface area contributed by atoms with Crippen molar-refractivity contribution >= 4 is 17.2 Å². The molecule has 0 unspecified atom stereocenters. The summed E-state index contributed by atoms with van der Waals surface area (Å²) in [5, 5.41) is 13.8. The number of halogens is 4. The van der Waals surface area contributed by atoms with Crippen LogP contribution < -0.4 is 5.32 Å². The molecule has 0 bridgehead atoms. The number of aliphatic imine (C=N–C) groups is 1. The third-order valence-electron chi connectivity index (χ3n) is 5.00. The van der Waals surface area contributed by atoms with E-state index in [0.717, 1.165) is 12.1 Å². The van der Waals surface area contributed by atoms with Gasteiger partial charge in [0.2, 0.25) is 0 Å². The Morgan fingerprint density at radius 2 is 1.81 bits per heavy atom. The summed E-state index contributed by atoms with van der Waals surface area (Å²) in [6.07, 6.45) is 2.58. The second kappa shape index (κ2) is 7.08. The Kier molecular flexibility index (Phi) is 4.35. The molecule has 0 saturated heterocycles. The number of anilines is 1. The summed E-state index contributed by atoms with van der Waals surface area (Å²) < 4.78 is 55.2. The van der Waals surface area contributed by atoms with Gasteiger partial charge < -0.3 is 5.32 Å². The van der Waals surface area contributed by atoms with Gasteiger partial charge in [0, 0.05) is 23.0 Å². The average Bonchev–Trinajstić information content (AvgIpc) is 3.32. The van der Waals surface area contributed by atoms with Gasteiger partial charge >= 0.3 is 6.55 Å². The molecule has 0 amide bonds. The molecule has 2 aromatic heterocycles. The van der Waals surface area contributed by atoms with Crippen LogP contribution in [-0.4, -0.2) is 25.8 Å². The number of alkyl halides is 2. The lowest BCUT2D eigenvalue weighted by Crippen LogP contribution is -2.17. The Morgan fingerprint density at radius 3 is 2.52 bits per heavy atom. The Hall–Kier alpha value is -3.95. The fourth-order valence-corrected chi connectivity index (χ4v) is 3.48. The largest absolute Gasteiger partial charge is 0.339 e. The lowest BCUT2D eigenvalue weighted by atomic mass is 10.0. The molecule has 1 aliphatic heterocycles. The normalized spacial score (nSPS) is 12.8. The van der Waals surface area contributed by atoms with Gasteiger partial charge in [-0.25, -0.2) is 18.5 Å². The van der Waals surface area contributed by atoms with Crippen LogP contribution in [0.15, 0.2) is 53.8 Å². The molecule has 2 aromatic carbocycles. The lowest BCUT2D eigenvalue weighted by molar-refractivity contribution is 0.0566. The first kappa shape index (κ1) is 19.0. The molecule has 10 heteroatoms. The standard InChI is InChI=1S/C21H14F4N6/c1-10-18-19(30-29-10)13-7-11(12-8-26-31(9-12)21(24)25)5-6-16(13)27-20(28-18)17-14(22)3-2-4-15(17)23/h2-9,21H,1H3,(H,27,28)(H,29,30). The first-order valence-electron chi connectivity index (χ1n) is 9.24. The fourth-order valence-electron chi connectivity index (χ4n) is 3.48. The summed E-state index contributed by atoms with van der Waals surface area (Å²) >= 11 is 0. The lowest BCUT2D eigenvalue weighted by Gasteiger charge is -2.13. The maximum absolute atomic E-state index is 14.4. The molecule has 0 radical (unpaired) electrons. The number of aromatic nitrogens is 4. The number of hydrogen-bond acceptors (Lipinski definition) is 4. The quantitative estimate of drug-likeness (QED) is 0.430. The molecule has 1 aliphatic rings. The predicted octanol–water partition coefficient (Wildman–Crippen LogP) is 5.43. The Bertz CT molecular complexity index is 1320. The molecule has 0 aliphatic carbocycles. The topological polar surface area (TPSA) is 70.9 Å². The number of nitrogens with zero attached hydrogens (tertiary/aromatic N) is 4. The van der Waals surface area contributed by atoms with Crippen LogP contribution in [0.2, 0.25) is 0 Å². The second-order valence-corrected chi connectivity index (χ2v) is 6.97. The second-order valence-electron chi connectivity index (χ2n) is 6.97. The highest BCUT2D eigenvalue weighted by Crippen LogP contribution is 2.41. The van der Waals surface area contributed by atoms with Gasteiger partial charge in [0.25, 0.3) is 0 Å². The molecule has 6 nitrogen and oxygen atoms in total. The van der Waals surface area contributed by atoms with E-state index in [-0.39, 0.29) is 11.4 Å². The first-order valence-corrected chi connectivity index (χ1v) is 9.24. The average molecular weight is 426 g/mol. The third-order valence-corrected chi connectivity index (χ3v) is 5.00. The molecule has 0 fully saturated rings. The number of fused-ring (bicyclic) bond motifs is 3. The van der Waals surface area contributed by atoms with Crippen molar-refractivity contribution in [3.63, 3.8) is 0 Å². The summed E-state index contributed by atoms with van der Waals surface area (Å²) in [6, 6.07) is 8.70. The number of rotatable bonds is 3. The van der Waals surface area contributed by atoms with E-state index in [9.17, 15) is 17.6 Å². The van der Waals surface area contributed by atoms with Gasteiger partial charge in [0.05, 0.1) is 17.5 Å². The van der Waals surface area contributed by atoms with E-state index in [2.05, 4.69) is 25.6 Å². The molecule has 31 heavy (non-hydrogen) atoms. The zero-order valence-electron chi connectivity index (χ0n) is 16.0. The summed E-state index contributed by atoms with van der Waals surface area (Å²) in [4.78, 5) is 4.45. The van der Waals surface area contributed by atoms with Gasteiger partial charge in [-0.3, -0.25) is 5.10 Å². The SMILES string of the molecule is Cc1[nH]nc2c1N=C(c1c(F)cccc1F)Nc1ccc(-c3cnn(C(F)F)c3)cc1-2. The number of amidine groups is 1. The highest BCUT2D eigenvalue weighted by Gasteiger charge is 2.25. The van der Waals surface area contributed by atoms with Crippen molar-refractivity contribution < 1.29 is 17.6 Å². The van der Waals surface area contributed by atoms with Crippen LogP contribution in [-0.2, 0) is 0 Å². The van der Waals surface area contributed by atoms with Crippen LogP contribution in [0.1, 0.15) is 17.8 Å². The number of H-pyrrole nitrogens is 1. The van der Waals surface area contributed by atoms with E-state index < -0.39 is 18.2 Å². The zero-order chi connectivity index (χ0) is 21.7. The van der Waals surface area contributed by atoms with Crippen molar-refractivity contribution in [1.29, 1.82) is 0 Å². The number of hydrogen-bond donors (Lipinski definition) is 2. The van der Waals surface area contributed by atoms with Gasteiger partial charge in [-0.15, -0.1) is 0 Å². The van der Waals surface area contributed by atoms with Crippen LogP contribution >= 0.6 is 0 Å². The van der Waals surface area contributed by atoms with Gasteiger partial charge in [0.1, 0.15) is 28.9 Å². The molecule has 5 rings (SSSR count). The van der Waals surface area contributed by atoms with Gasteiger partial charge in [-0.1, -0.05) is 12.1 Å². The number of benzene rings is 2. The summed E-state index contributed by atoms with van der Waals surface area (Å²) in [5.41, 5.74) is 3.43. The molecule has 2 N–H and O–H groups in total. The van der Waals surface area contributed by atoms with Crippen LogP contribution in [0.25, 0.3) is 22.4 Å². The van der Waals surface area contributed by atoms with E-state index >= 15 is 0 Å². The van der Waals surface area contributed by atoms with Gasteiger partial charge in [-0.05, 0) is 36.8 Å². The van der Waals surface area contributed by atoms with E-state index in [1.54, 1.807) is 25.1 Å². The van der Waals surface area contributed by atoms with Gasteiger partial charge in [-0.2, -0.15) is 19.0 Å². The van der Waals surface area contributed by atoms with E-state index in [0.29, 0.717) is 44.1 Å². The maximum Gasteiger partial charge on any atom is 0.333 e. The number of nitrogens with one attached hydrogen (secondary N) is 2. The minimum absolute atomic E-state index is 0.00151. The summed E-state index contributed by atoms with van der Waals surface area (Å²) in [6.45, 7) is -1.00. The minimum atomic E-state index is -2.75. The molecular formula is C21H14F4N6. The highest BCUT2D eigenvalue weighted by molar-refractivity contribution is 6.13. The third kappa shape index (κ3) is 3.16. The number of aryl methyl sites for hydroxylation is 1. The molecule has 156 valence electrons. The molecule has 0 saturated carbocycles. The summed E-state index contributed by atoms with van der Waals surface area (Å²) in [7, 11) is 0. The fraction of sp³-hybridized carbons (Fsp3) is 0.0952. The zero-order valence-corrected chi connectivity index (χ0v) is 16.0. The molecule has 3 heterocycles. The van der Waals surface area contributed by atoms with Gasteiger partial charge in [0.15, 0.2) is 0 Å². The Labute approximate surface area is 173 Å². The van der Waals surface area contributed by atoms with Crippen LogP contribution in [0.4, 0.5) is 28.9 Å². The molecular weight excluding hydrogens is 412 g/mol.